The first-order valence-corrected chi connectivity index (χ1v) is 12.8. The van der Waals surface area contributed by atoms with Crippen molar-refractivity contribution in [3.05, 3.63) is 42.0 Å². The highest BCUT2D eigenvalue weighted by Crippen LogP contribution is 2.61. The maximum Gasteiger partial charge on any atom is 0.422 e. The Morgan fingerprint density at radius 2 is 1.83 bits per heavy atom. The van der Waals surface area contributed by atoms with Gasteiger partial charge in [-0.15, -0.1) is 0 Å². The maximum absolute atomic E-state index is 13.1. The molecule has 3 atom stereocenters. The molecule has 0 aliphatic heterocycles. The number of aryl methyl sites for hydroxylation is 1. The zero-order chi connectivity index (χ0) is 21.9. The molecule has 4 aliphatic carbocycles. The second kappa shape index (κ2) is 7.29. The normalized spacial score (nSPS) is 32.8. The molecule has 0 aromatic heterocycles. The number of carbonyl (C=O) groups is 1. The van der Waals surface area contributed by atoms with Gasteiger partial charge in [0.1, 0.15) is 11.2 Å². The average molecular weight is 461 g/mol. The molecule has 4 aliphatic rings. The Morgan fingerprint density at radius 1 is 1.20 bits per heavy atom. The highest BCUT2D eigenvalue weighted by Gasteiger charge is 2.61. The van der Waals surface area contributed by atoms with Crippen molar-refractivity contribution < 1.29 is 31.1 Å². The molecule has 1 aromatic carbocycles. The fourth-order valence-corrected chi connectivity index (χ4v) is 9.77. The molecular formula is C21H23F3O4S2. The molecule has 0 heterocycles. The summed E-state index contributed by atoms with van der Waals surface area (Å²) < 4.78 is 70.7. The molecule has 0 amide bonds. The van der Waals surface area contributed by atoms with Crippen LogP contribution in [-0.4, -0.2) is 31.4 Å². The van der Waals surface area contributed by atoms with Gasteiger partial charge in [0.2, 0.25) is 8.87 Å². The van der Waals surface area contributed by atoms with Crippen LogP contribution in [0, 0.1) is 24.7 Å². The van der Waals surface area contributed by atoms with E-state index in [9.17, 15) is 26.4 Å². The molecule has 30 heavy (non-hydrogen) atoms. The predicted octanol–water partition coefficient (Wildman–Crippen LogP) is 5.03. The van der Waals surface area contributed by atoms with Crippen LogP contribution in [0.2, 0.25) is 0 Å². The Balaban J connectivity index is 1.65. The second-order valence-electron chi connectivity index (χ2n) is 8.83. The minimum Gasteiger partial charge on any atom is -0.454 e. The lowest BCUT2D eigenvalue weighted by Crippen LogP contribution is -2.61. The molecule has 3 unspecified atom stereocenters. The standard InChI is InChI=1S/C21H23F3O4S2/c1-12-4-3-5-17(6-12)30(26,27)29-18-16-8-14-7-15(9-16)11-20(18,10-14)28-19(25)13(2)21(22,23)24/h3-6,14-16,18H,2,7-11H2,1H3. The molecule has 0 saturated heterocycles. The minimum atomic E-state index is -4.88. The van der Waals surface area contributed by atoms with Gasteiger partial charge in [0.05, 0.1) is 10.1 Å². The number of halogens is 3. The number of benzene rings is 1. The summed E-state index contributed by atoms with van der Waals surface area (Å²) in [7, 11) is -3.03. The van der Waals surface area contributed by atoms with E-state index < -0.39 is 37.4 Å². The molecule has 0 N–H and O–H groups in total. The smallest absolute Gasteiger partial charge is 0.422 e. The van der Waals surface area contributed by atoms with Crippen LogP contribution < -0.4 is 0 Å². The van der Waals surface area contributed by atoms with Crippen LogP contribution in [0.3, 0.4) is 0 Å². The molecule has 164 valence electrons. The van der Waals surface area contributed by atoms with E-state index in [0.29, 0.717) is 12.8 Å². The summed E-state index contributed by atoms with van der Waals surface area (Å²) in [6.45, 7) is 4.65. The lowest BCUT2D eigenvalue weighted by molar-refractivity contribution is -0.186. The Kier molecular flexibility index (Phi) is 5.28. The first kappa shape index (κ1) is 21.7. The fraction of sp³-hybridized carbons (Fsp3) is 0.571. The zero-order valence-electron chi connectivity index (χ0n) is 16.4. The topological polar surface area (TPSA) is 60.4 Å². The van der Waals surface area contributed by atoms with E-state index in [1.165, 1.54) is 6.07 Å². The second-order valence-corrected chi connectivity index (χ2v) is 12.8. The van der Waals surface area contributed by atoms with Crippen LogP contribution in [0.4, 0.5) is 13.2 Å². The van der Waals surface area contributed by atoms with Crippen molar-refractivity contribution in [1.82, 2.24) is 0 Å². The first-order chi connectivity index (χ1) is 13.9. The van der Waals surface area contributed by atoms with Crippen LogP contribution in [-0.2, 0) is 18.4 Å². The highest BCUT2D eigenvalue weighted by molar-refractivity contribution is 8.72. The van der Waals surface area contributed by atoms with Crippen molar-refractivity contribution in [1.29, 1.82) is 0 Å². The third-order valence-electron chi connectivity index (χ3n) is 6.55. The lowest BCUT2D eigenvalue weighted by Gasteiger charge is -2.59. The molecule has 0 radical (unpaired) electrons. The Bertz CT molecular complexity index is 972. The number of rotatable bonds is 5. The Hall–Kier alpha value is -1.48. The highest BCUT2D eigenvalue weighted by atomic mass is 33.1. The third-order valence-corrected chi connectivity index (χ3v) is 10.6. The molecule has 4 nitrogen and oxygen atoms in total. The number of hydrogen-bond donors (Lipinski definition) is 0. The molecule has 4 bridgehead atoms. The predicted molar refractivity (Wildman–Crippen MR) is 107 cm³/mol. The van der Waals surface area contributed by atoms with Crippen LogP contribution in [0.1, 0.15) is 37.7 Å². The summed E-state index contributed by atoms with van der Waals surface area (Å²) >= 11 is 0. The summed E-state index contributed by atoms with van der Waals surface area (Å²) in [5.74, 6) is -1.02. The van der Waals surface area contributed by atoms with Gasteiger partial charge in [-0.25, -0.2) is 13.2 Å². The monoisotopic (exact) mass is 460 g/mol. The Morgan fingerprint density at radius 3 is 2.40 bits per heavy atom. The molecule has 4 fully saturated rings. The van der Waals surface area contributed by atoms with Gasteiger partial charge in [0.25, 0.3) is 0 Å². The van der Waals surface area contributed by atoms with E-state index in [0.717, 1.165) is 35.6 Å². The van der Waals surface area contributed by atoms with Crippen molar-refractivity contribution >= 4 is 25.6 Å². The van der Waals surface area contributed by atoms with Gasteiger partial charge in [0, 0.05) is 0 Å². The molecule has 4 saturated carbocycles. The third kappa shape index (κ3) is 3.90. The number of alkyl halides is 3. The van der Waals surface area contributed by atoms with Gasteiger partial charge in [-0.05, 0) is 85.3 Å². The van der Waals surface area contributed by atoms with Crippen LogP contribution in [0.5, 0.6) is 0 Å². The van der Waals surface area contributed by atoms with Crippen molar-refractivity contribution in [3.8, 4) is 0 Å². The van der Waals surface area contributed by atoms with E-state index in [2.05, 4.69) is 6.58 Å². The summed E-state index contributed by atoms with van der Waals surface area (Å²) in [6, 6.07) is 6.53. The van der Waals surface area contributed by atoms with Crippen LogP contribution in [0.15, 0.2) is 41.3 Å². The van der Waals surface area contributed by atoms with Crippen LogP contribution >= 0.6 is 10.8 Å². The molecule has 5 rings (SSSR count). The van der Waals surface area contributed by atoms with Crippen LogP contribution in [0.25, 0.3) is 0 Å². The first-order valence-electron chi connectivity index (χ1n) is 9.89. The SMILES string of the molecule is C=C(C(=O)OC12CC3CC(CC(C3)C1SS(=O)(=O)c1cccc(C)c1)C2)C(F)(F)F. The van der Waals surface area contributed by atoms with Gasteiger partial charge in [-0.1, -0.05) is 18.7 Å². The van der Waals surface area contributed by atoms with Crippen molar-refractivity contribution in [2.75, 3.05) is 0 Å². The fourth-order valence-electron chi connectivity index (χ4n) is 5.55. The van der Waals surface area contributed by atoms with E-state index in [1.54, 1.807) is 25.1 Å². The van der Waals surface area contributed by atoms with E-state index >= 15 is 0 Å². The summed E-state index contributed by atoms with van der Waals surface area (Å²) in [4.78, 5) is 12.5. The number of ether oxygens (including phenoxy) is 1. The van der Waals surface area contributed by atoms with Crippen molar-refractivity contribution in [2.24, 2.45) is 17.8 Å². The van der Waals surface area contributed by atoms with E-state index in [-0.39, 0.29) is 22.6 Å². The Labute approximate surface area is 177 Å². The molecule has 0 spiro atoms. The number of esters is 1. The minimum absolute atomic E-state index is 0.00668. The van der Waals surface area contributed by atoms with Crippen molar-refractivity contribution in [2.45, 2.75) is 61.0 Å². The molecule has 1 aromatic rings. The van der Waals surface area contributed by atoms with Crippen molar-refractivity contribution in [3.63, 3.8) is 0 Å². The molecular weight excluding hydrogens is 437 g/mol. The average Bonchev–Trinajstić information content (AvgIpc) is 2.62. The summed E-state index contributed by atoms with van der Waals surface area (Å²) in [5.41, 5.74) is -1.96. The summed E-state index contributed by atoms with van der Waals surface area (Å²) in [5, 5.41) is -0.596. The zero-order valence-corrected chi connectivity index (χ0v) is 18.1. The van der Waals surface area contributed by atoms with Gasteiger partial charge in [-0.2, -0.15) is 13.2 Å². The number of carbonyl (C=O) groups excluding carboxylic acids is 1. The largest absolute Gasteiger partial charge is 0.454 e. The van der Waals surface area contributed by atoms with Gasteiger partial charge in [-0.3, -0.25) is 0 Å². The lowest BCUT2D eigenvalue weighted by atomic mass is 9.54. The van der Waals surface area contributed by atoms with Gasteiger partial charge in [0.15, 0.2) is 0 Å². The van der Waals surface area contributed by atoms with Gasteiger partial charge >= 0.3 is 12.1 Å². The molecule has 9 heteroatoms. The summed E-state index contributed by atoms with van der Waals surface area (Å²) in [6.07, 6.45) is -1.49. The van der Waals surface area contributed by atoms with E-state index in [1.807, 2.05) is 0 Å². The van der Waals surface area contributed by atoms with Gasteiger partial charge < -0.3 is 4.74 Å². The number of hydrogen-bond acceptors (Lipinski definition) is 5. The van der Waals surface area contributed by atoms with E-state index in [4.69, 9.17) is 4.74 Å². The maximum atomic E-state index is 13.1. The quantitative estimate of drug-likeness (QED) is 0.351.